The highest BCUT2D eigenvalue weighted by atomic mass is 16.5. The van der Waals surface area contributed by atoms with E-state index >= 15 is 0 Å². The van der Waals surface area contributed by atoms with Crippen molar-refractivity contribution in [3.8, 4) is 11.5 Å². The van der Waals surface area contributed by atoms with Crippen LogP contribution in [0.4, 0.5) is 0 Å². The van der Waals surface area contributed by atoms with Crippen molar-refractivity contribution in [2.45, 2.75) is 39.0 Å². The number of ether oxygens (including phenoxy) is 2. The number of aliphatic hydroxyl groups excluding tert-OH is 1. The van der Waals surface area contributed by atoms with E-state index in [1.807, 2.05) is 25.1 Å². The number of hydrogen-bond acceptors (Lipinski definition) is 5. The minimum Gasteiger partial charge on any atom is -0.497 e. The molecule has 1 atom stereocenters. The first kappa shape index (κ1) is 18.1. The van der Waals surface area contributed by atoms with Gasteiger partial charge in [0.25, 0.3) is 0 Å². The number of rotatable bonds is 5. The maximum atomic E-state index is 10.1. The van der Waals surface area contributed by atoms with Crippen molar-refractivity contribution in [3.05, 3.63) is 46.8 Å². The van der Waals surface area contributed by atoms with E-state index in [9.17, 15) is 5.11 Å². The van der Waals surface area contributed by atoms with E-state index in [-0.39, 0.29) is 0 Å². The molecule has 0 fully saturated rings. The molecule has 4 rings (SSSR count). The zero-order valence-electron chi connectivity index (χ0n) is 16.0. The summed E-state index contributed by atoms with van der Waals surface area (Å²) in [4.78, 5) is 2.43. The summed E-state index contributed by atoms with van der Waals surface area (Å²) in [6.07, 6.45) is 3.48. The topological polar surface area (TPSA) is 59.8 Å². The number of hydrogen-bond donors (Lipinski definition) is 1. The maximum absolute atomic E-state index is 10.1. The van der Waals surface area contributed by atoms with Gasteiger partial charge in [-0.3, -0.25) is 9.58 Å². The largest absolute Gasteiger partial charge is 0.497 e. The number of aryl methyl sites for hydroxylation is 1. The van der Waals surface area contributed by atoms with Crippen molar-refractivity contribution in [2.75, 3.05) is 26.8 Å². The van der Waals surface area contributed by atoms with Gasteiger partial charge in [0.1, 0.15) is 18.1 Å². The van der Waals surface area contributed by atoms with Crippen LogP contribution in [0.1, 0.15) is 42.8 Å². The standard InChI is InChI=1S/C21H27N3O3/c1-3-20(25)19-11-17-13-23(7-4-8-24(17)22-19)12-15-9-16-10-18(26-2)5-6-21(16)27-14-15/h5-6,9-11,20,25H,3-4,7-8,12-14H2,1-2H3/t20-/m0/s1. The van der Waals surface area contributed by atoms with Crippen LogP contribution in [0.3, 0.4) is 0 Å². The van der Waals surface area contributed by atoms with Crippen LogP contribution in [0.15, 0.2) is 29.8 Å². The van der Waals surface area contributed by atoms with Gasteiger partial charge in [0.05, 0.1) is 24.6 Å². The van der Waals surface area contributed by atoms with Gasteiger partial charge in [0, 0.05) is 31.7 Å². The van der Waals surface area contributed by atoms with E-state index in [1.54, 1.807) is 7.11 Å². The highest BCUT2D eigenvalue weighted by Gasteiger charge is 2.21. The molecule has 1 aromatic heterocycles. The molecule has 2 aliphatic rings. The molecular weight excluding hydrogens is 342 g/mol. The highest BCUT2D eigenvalue weighted by molar-refractivity contribution is 5.64. The lowest BCUT2D eigenvalue weighted by molar-refractivity contribution is 0.167. The molecule has 6 heteroatoms. The second kappa shape index (κ2) is 7.74. The van der Waals surface area contributed by atoms with Gasteiger partial charge in [-0.15, -0.1) is 0 Å². The smallest absolute Gasteiger partial charge is 0.127 e. The lowest BCUT2D eigenvalue weighted by atomic mass is 10.1. The third-order valence-corrected chi connectivity index (χ3v) is 5.26. The van der Waals surface area contributed by atoms with Gasteiger partial charge < -0.3 is 14.6 Å². The summed E-state index contributed by atoms with van der Waals surface area (Å²) in [6.45, 7) is 6.23. The van der Waals surface area contributed by atoms with Crippen LogP contribution in [-0.4, -0.2) is 46.6 Å². The first-order valence-electron chi connectivity index (χ1n) is 9.63. The third-order valence-electron chi connectivity index (χ3n) is 5.26. The predicted molar refractivity (Wildman–Crippen MR) is 104 cm³/mol. The molecule has 27 heavy (non-hydrogen) atoms. The maximum Gasteiger partial charge on any atom is 0.127 e. The van der Waals surface area contributed by atoms with E-state index in [4.69, 9.17) is 9.47 Å². The van der Waals surface area contributed by atoms with Crippen molar-refractivity contribution >= 4 is 6.08 Å². The Morgan fingerprint density at radius 2 is 2.19 bits per heavy atom. The fourth-order valence-electron chi connectivity index (χ4n) is 3.77. The molecule has 2 aliphatic heterocycles. The number of benzene rings is 1. The van der Waals surface area contributed by atoms with Crippen LogP contribution in [0, 0.1) is 0 Å². The molecule has 0 saturated carbocycles. The molecule has 0 saturated heterocycles. The molecule has 3 heterocycles. The molecule has 0 unspecified atom stereocenters. The Morgan fingerprint density at radius 3 is 3.00 bits per heavy atom. The van der Waals surface area contributed by atoms with E-state index in [2.05, 4.69) is 26.8 Å². The quantitative estimate of drug-likeness (QED) is 0.878. The number of aromatic nitrogens is 2. The second-order valence-corrected chi connectivity index (χ2v) is 7.27. The Balaban J connectivity index is 1.49. The van der Waals surface area contributed by atoms with Crippen molar-refractivity contribution in [2.24, 2.45) is 0 Å². The van der Waals surface area contributed by atoms with Gasteiger partial charge in [-0.05, 0) is 48.8 Å². The van der Waals surface area contributed by atoms with E-state index in [0.29, 0.717) is 13.0 Å². The van der Waals surface area contributed by atoms with Crippen LogP contribution < -0.4 is 9.47 Å². The van der Waals surface area contributed by atoms with E-state index < -0.39 is 6.10 Å². The normalized spacial score (nSPS) is 18.0. The predicted octanol–water partition coefficient (Wildman–Crippen LogP) is 3.02. The van der Waals surface area contributed by atoms with Crippen LogP contribution in [0.2, 0.25) is 0 Å². The highest BCUT2D eigenvalue weighted by Crippen LogP contribution is 2.30. The number of fused-ring (bicyclic) bond motifs is 2. The van der Waals surface area contributed by atoms with Gasteiger partial charge in [-0.1, -0.05) is 6.92 Å². The monoisotopic (exact) mass is 369 g/mol. The average molecular weight is 369 g/mol. The summed E-state index contributed by atoms with van der Waals surface area (Å²) in [5, 5.41) is 14.7. The Labute approximate surface area is 160 Å². The average Bonchev–Trinajstić information content (AvgIpc) is 3.00. The zero-order valence-corrected chi connectivity index (χ0v) is 16.0. The fraction of sp³-hybridized carbons (Fsp3) is 0.476. The molecule has 2 aromatic rings. The van der Waals surface area contributed by atoms with Crippen molar-refractivity contribution in [1.82, 2.24) is 14.7 Å². The number of aliphatic hydroxyl groups is 1. The van der Waals surface area contributed by atoms with Gasteiger partial charge in [0.2, 0.25) is 0 Å². The van der Waals surface area contributed by atoms with Crippen LogP contribution in [0.5, 0.6) is 11.5 Å². The molecular formula is C21H27N3O3. The van der Waals surface area contributed by atoms with Crippen LogP contribution in [0.25, 0.3) is 6.08 Å². The van der Waals surface area contributed by atoms with Crippen molar-refractivity contribution in [1.29, 1.82) is 0 Å². The second-order valence-electron chi connectivity index (χ2n) is 7.27. The molecule has 1 N–H and O–H groups in total. The van der Waals surface area contributed by atoms with Crippen molar-refractivity contribution < 1.29 is 14.6 Å². The Morgan fingerprint density at radius 1 is 1.30 bits per heavy atom. The number of nitrogens with zero attached hydrogens (tertiary/aromatic N) is 3. The molecule has 0 radical (unpaired) electrons. The minimum atomic E-state index is -0.473. The molecule has 0 bridgehead atoms. The SMILES string of the molecule is CC[C@H](O)c1cc2n(n1)CCCN(CC1=Cc3cc(OC)ccc3OC1)C2. The lowest BCUT2D eigenvalue weighted by Crippen LogP contribution is -2.28. The van der Waals surface area contributed by atoms with E-state index in [0.717, 1.165) is 55.4 Å². The Bertz CT molecular complexity index is 843. The van der Waals surface area contributed by atoms with E-state index in [1.165, 1.54) is 11.3 Å². The molecule has 0 spiro atoms. The van der Waals surface area contributed by atoms with Crippen LogP contribution in [-0.2, 0) is 13.1 Å². The Hall–Kier alpha value is -2.31. The van der Waals surface area contributed by atoms with Gasteiger partial charge in [-0.2, -0.15) is 5.10 Å². The molecule has 6 nitrogen and oxygen atoms in total. The van der Waals surface area contributed by atoms with Crippen molar-refractivity contribution in [3.63, 3.8) is 0 Å². The molecule has 1 aromatic carbocycles. The third kappa shape index (κ3) is 3.87. The molecule has 0 amide bonds. The fourth-order valence-corrected chi connectivity index (χ4v) is 3.77. The summed E-state index contributed by atoms with van der Waals surface area (Å²) in [7, 11) is 1.68. The first-order valence-corrected chi connectivity index (χ1v) is 9.63. The Kier molecular flexibility index (Phi) is 5.18. The lowest BCUT2D eigenvalue weighted by Gasteiger charge is -2.24. The summed E-state index contributed by atoms with van der Waals surface area (Å²) in [5.41, 5.74) is 4.30. The summed E-state index contributed by atoms with van der Waals surface area (Å²) in [5.74, 6) is 1.75. The summed E-state index contributed by atoms with van der Waals surface area (Å²) >= 11 is 0. The van der Waals surface area contributed by atoms with Gasteiger partial charge in [-0.25, -0.2) is 0 Å². The molecule has 0 aliphatic carbocycles. The van der Waals surface area contributed by atoms with Gasteiger partial charge >= 0.3 is 0 Å². The first-order chi connectivity index (χ1) is 13.2. The van der Waals surface area contributed by atoms with Crippen LogP contribution >= 0.6 is 0 Å². The summed E-state index contributed by atoms with van der Waals surface area (Å²) in [6, 6.07) is 7.96. The number of methoxy groups -OCH3 is 1. The minimum absolute atomic E-state index is 0.473. The summed E-state index contributed by atoms with van der Waals surface area (Å²) < 4.78 is 13.3. The zero-order chi connectivity index (χ0) is 18.8. The molecule has 144 valence electrons. The van der Waals surface area contributed by atoms with Gasteiger partial charge in [0.15, 0.2) is 0 Å².